The standard InChI is InChI=1S/C51H33N5.C50H32N6/c1-2-11-40(12-3-1)56-47-16-5-4-13-42(47)43-24-20-36(33-50(43)56)35-21-25-48-44(32-35)51-49(17-10-28-54-51)55(48)41-22-18-34(19-23-41)37-29-38(45-14-6-8-26-52-45)31-39(30-37)46-15-7-9-27-53-46;1-2-11-37(12-3-1)56-46-16-5-4-13-39(46)40-24-20-35(32-49(40)56)34-21-25-47-41(29-34)50-48(17-10-28-53-50)55(47)38-22-18-33(19-23-38)36-30-44(42-14-6-8-26-51-42)54-45(31-36)43-15-7-9-27-52-43/h1-33H;1-32H. The fraction of sp³-hybridized carbons (Fsp3) is 0. The third-order valence-electron chi connectivity index (χ3n) is 21.5. The van der Waals surface area contributed by atoms with Crippen LogP contribution in [0.4, 0.5) is 0 Å². The van der Waals surface area contributed by atoms with Gasteiger partial charge in [0, 0.05) is 103 Å². The molecule has 0 spiro atoms. The first-order valence-corrected chi connectivity index (χ1v) is 37.5. The predicted molar refractivity (Wildman–Crippen MR) is 458 cm³/mol. The Morgan fingerprint density at radius 2 is 0.464 bits per heavy atom. The average molecular weight is 1430 g/mol. The quantitative estimate of drug-likeness (QED) is 0.120. The molecule has 0 N–H and O–H groups in total. The number of rotatable bonds is 12. The van der Waals surface area contributed by atoms with Gasteiger partial charge in [0.1, 0.15) is 0 Å². The van der Waals surface area contributed by atoms with E-state index in [1.54, 1.807) is 12.4 Å². The monoisotopic (exact) mass is 1430 g/mol. The van der Waals surface area contributed by atoms with Crippen LogP contribution in [0.2, 0.25) is 0 Å². The summed E-state index contributed by atoms with van der Waals surface area (Å²) in [4.78, 5) is 33.3. The van der Waals surface area contributed by atoms with E-state index in [0.29, 0.717) is 0 Å². The highest BCUT2D eigenvalue weighted by molar-refractivity contribution is 6.14. The highest BCUT2D eigenvalue weighted by Crippen LogP contribution is 2.43. The van der Waals surface area contributed by atoms with Crippen LogP contribution < -0.4 is 0 Å². The maximum atomic E-state index is 4.96. The molecule has 0 fully saturated rings. The van der Waals surface area contributed by atoms with Gasteiger partial charge in [-0.2, -0.15) is 0 Å². The Kier molecular flexibility index (Phi) is 15.9. The number of benzene rings is 11. The third kappa shape index (κ3) is 11.5. The van der Waals surface area contributed by atoms with Crippen molar-refractivity contribution in [2.45, 2.75) is 0 Å². The van der Waals surface area contributed by atoms with Crippen molar-refractivity contribution in [1.29, 1.82) is 0 Å². The van der Waals surface area contributed by atoms with Gasteiger partial charge >= 0.3 is 0 Å². The molecule has 11 heterocycles. The van der Waals surface area contributed by atoms with E-state index >= 15 is 0 Å². The zero-order valence-electron chi connectivity index (χ0n) is 60.4. The van der Waals surface area contributed by atoms with Gasteiger partial charge in [-0.3, -0.25) is 29.9 Å². The van der Waals surface area contributed by atoms with Crippen LogP contribution in [0.3, 0.4) is 0 Å². The lowest BCUT2D eigenvalue weighted by Crippen LogP contribution is -1.95. The highest BCUT2D eigenvalue weighted by atomic mass is 15.0. The van der Waals surface area contributed by atoms with Crippen LogP contribution in [0.15, 0.2) is 395 Å². The molecular formula is C101H65N11. The van der Waals surface area contributed by atoms with Crippen LogP contribution in [0.1, 0.15) is 0 Å². The zero-order valence-corrected chi connectivity index (χ0v) is 60.4. The summed E-state index contributed by atoms with van der Waals surface area (Å²) in [5.74, 6) is 0. The second kappa shape index (κ2) is 27.5. The zero-order chi connectivity index (χ0) is 74.0. The minimum absolute atomic E-state index is 0.804. The van der Waals surface area contributed by atoms with Gasteiger partial charge in [-0.15, -0.1) is 0 Å². The Labute approximate surface area is 644 Å². The van der Waals surface area contributed by atoms with E-state index in [0.717, 1.165) is 151 Å². The molecule has 524 valence electrons. The first kappa shape index (κ1) is 65.0. The van der Waals surface area contributed by atoms with Crippen molar-refractivity contribution in [3.8, 4) is 113 Å². The second-order valence-electron chi connectivity index (χ2n) is 28.1. The summed E-state index contributed by atoms with van der Waals surface area (Å²) in [6, 6.07) is 126. The van der Waals surface area contributed by atoms with Crippen molar-refractivity contribution >= 4 is 87.5 Å². The highest BCUT2D eigenvalue weighted by Gasteiger charge is 2.22. The summed E-state index contributed by atoms with van der Waals surface area (Å²) in [5, 5.41) is 7.21. The molecule has 0 saturated carbocycles. The van der Waals surface area contributed by atoms with Crippen LogP contribution in [0, 0.1) is 0 Å². The molecule has 112 heavy (non-hydrogen) atoms. The maximum absolute atomic E-state index is 4.96. The summed E-state index contributed by atoms with van der Waals surface area (Å²) in [6.45, 7) is 0. The van der Waals surface area contributed by atoms with E-state index < -0.39 is 0 Å². The number of para-hydroxylation sites is 4. The van der Waals surface area contributed by atoms with Crippen LogP contribution in [0.25, 0.3) is 200 Å². The van der Waals surface area contributed by atoms with Crippen LogP contribution in [-0.2, 0) is 0 Å². The first-order chi connectivity index (χ1) is 55.5. The molecule has 22 aromatic rings. The van der Waals surface area contributed by atoms with Crippen molar-refractivity contribution in [2.24, 2.45) is 0 Å². The van der Waals surface area contributed by atoms with Crippen LogP contribution in [0.5, 0.6) is 0 Å². The lowest BCUT2D eigenvalue weighted by molar-refractivity contribution is 1.17. The topological polar surface area (TPSA) is 110 Å². The fourth-order valence-electron chi connectivity index (χ4n) is 16.3. The Morgan fingerprint density at radius 3 is 0.893 bits per heavy atom. The van der Waals surface area contributed by atoms with Gasteiger partial charge in [0.15, 0.2) is 0 Å². The summed E-state index contributed by atoms with van der Waals surface area (Å²) in [5.41, 5.74) is 31.7. The maximum Gasteiger partial charge on any atom is 0.0963 e. The molecule has 11 heteroatoms. The summed E-state index contributed by atoms with van der Waals surface area (Å²) >= 11 is 0. The Balaban J connectivity index is 0.000000141. The van der Waals surface area contributed by atoms with E-state index in [1.165, 1.54) is 49.2 Å². The van der Waals surface area contributed by atoms with Gasteiger partial charge in [-0.05, 0) is 245 Å². The smallest absolute Gasteiger partial charge is 0.0963 e. The molecule has 0 aliphatic carbocycles. The number of hydrogen-bond acceptors (Lipinski definition) is 7. The Hall–Kier alpha value is -15.3. The number of pyridine rings is 7. The molecular weight excluding hydrogens is 1370 g/mol. The normalized spacial score (nSPS) is 11.6. The molecule has 0 aliphatic rings. The molecule has 0 atom stereocenters. The van der Waals surface area contributed by atoms with Crippen molar-refractivity contribution in [1.82, 2.24) is 53.2 Å². The molecule has 0 unspecified atom stereocenters. The Morgan fingerprint density at radius 1 is 0.152 bits per heavy atom. The Bertz CT molecular complexity index is 6770. The lowest BCUT2D eigenvalue weighted by Gasteiger charge is -2.12. The molecule has 0 bridgehead atoms. The molecule has 11 aromatic heterocycles. The second-order valence-corrected chi connectivity index (χ2v) is 28.1. The summed E-state index contributed by atoms with van der Waals surface area (Å²) in [7, 11) is 0. The molecule has 11 nitrogen and oxygen atoms in total. The van der Waals surface area contributed by atoms with Crippen molar-refractivity contribution < 1.29 is 0 Å². The van der Waals surface area contributed by atoms with Crippen molar-refractivity contribution in [3.05, 3.63) is 395 Å². The number of nitrogens with zero attached hydrogens (tertiary/aromatic N) is 11. The average Bonchev–Trinajstić information content (AvgIpc) is 1.58. The summed E-state index contributed by atoms with van der Waals surface area (Å²) < 4.78 is 9.38. The minimum atomic E-state index is 0.804. The van der Waals surface area contributed by atoms with Gasteiger partial charge < -0.3 is 18.3 Å². The van der Waals surface area contributed by atoms with E-state index in [2.05, 4.69) is 323 Å². The first-order valence-electron chi connectivity index (χ1n) is 37.5. The SMILES string of the molecule is c1ccc(-n2c3ccccc3c3ccc(-c4ccc5c(c4)c4ncccc4n5-c4ccc(-c5cc(-c6ccccn6)cc(-c6ccccn6)c5)cc4)cc32)cc1.c1ccc(-n2c3ccccc3c3ccc(-c4ccc5c(c4)c4ncccc4n5-c4ccc(-c5cc(-c6ccccn6)nc(-c6ccccn6)c5)cc4)cc32)cc1. The van der Waals surface area contributed by atoms with Gasteiger partial charge in [0.05, 0.1) is 89.3 Å². The largest absolute Gasteiger partial charge is 0.309 e. The van der Waals surface area contributed by atoms with Gasteiger partial charge in [0.2, 0.25) is 0 Å². The predicted octanol–water partition coefficient (Wildman–Crippen LogP) is 24.9. The van der Waals surface area contributed by atoms with E-state index in [9.17, 15) is 0 Å². The van der Waals surface area contributed by atoms with E-state index in [1.807, 2.05) is 97.6 Å². The summed E-state index contributed by atoms with van der Waals surface area (Å²) in [6.07, 6.45) is 11.0. The van der Waals surface area contributed by atoms with Crippen LogP contribution >= 0.6 is 0 Å². The molecule has 22 rings (SSSR count). The number of fused-ring (bicyclic) bond motifs is 12. The fourth-order valence-corrected chi connectivity index (χ4v) is 16.3. The van der Waals surface area contributed by atoms with Crippen molar-refractivity contribution in [2.75, 3.05) is 0 Å². The molecule has 0 amide bonds. The van der Waals surface area contributed by atoms with Gasteiger partial charge in [-0.1, -0.05) is 158 Å². The molecule has 0 aliphatic heterocycles. The van der Waals surface area contributed by atoms with Gasteiger partial charge in [0.25, 0.3) is 0 Å². The molecule has 0 saturated heterocycles. The van der Waals surface area contributed by atoms with Crippen LogP contribution in [-0.4, -0.2) is 53.2 Å². The van der Waals surface area contributed by atoms with Gasteiger partial charge in [-0.25, -0.2) is 4.98 Å². The number of aromatic nitrogens is 11. The van der Waals surface area contributed by atoms with E-state index in [4.69, 9.17) is 15.0 Å². The minimum Gasteiger partial charge on any atom is -0.309 e. The third-order valence-corrected chi connectivity index (χ3v) is 21.5. The van der Waals surface area contributed by atoms with Crippen molar-refractivity contribution in [3.63, 3.8) is 0 Å². The lowest BCUT2D eigenvalue weighted by atomic mass is 9.96. The molecule has 0 radical (unpaired) electrons. The number of hydrogen-bond donors (Lipinski definition) is 0. The van der Waals surface area contributed by atoms with E-state index in [-0.39, 0.29) is 0 Å². The molecule has 11 aromatic carbocycles.